The van der Waals surface area contributed by atoms with Gasteiger partial charge in [-0.05, 0) is 55.4 Å². The van der Waals surface area contributed by atoms with Crippen LogP contribution in [0.3, 0.4) is 0 Å². The third-order valence-electron chi connectivity index (χ3n) is 6.70. The molecule has 38 heavy (non-hydrogen) atoms. The van der Waals surface area contributed by atoms with E-state index in [-0.39, 0.29) is 40.6 Å². The Kier molecular flexibility index (Phi) is 6.73. The molecule has 1 aliphatic heterocycles. The number of carbonyl (C=O) groups is 1. The maximum atomic E-state index is 14.5. The molecule has 2 aromatic heterocycles. The highest BCUT2D eigenvalue weighted by Gasteiger charge is 2.27. The molecule has 0 radical (unpaired) electrons. The van der Waals surface area contributed by atoms with Crippen LogP contribution in [0.5, 0.6) is 5.75 Å². The summed E-state index contributed by atoms with van der Waals surface area (Å²) in [7, 11) is 1.72. The number of benzene rings is 2. The van der Waals surface area contributed by atoms with E-state index < -0.39 is 23.4 Å². The first-order valence-corrected chi connectivity index (χ1v) is 11.8. The zero-order chi connectivity index (χ0) is 27.0. The number of pyridine rings is 1. The lowest BCUT2D eigenvalue weighted by atomic mass is 10.0. The summed E-state index contributed by atoms with van der Waals surface area (Å²) >= 11 is 0. The smallest absolute Gasteiger partial charge is 0.335 e. The summed E-state index contributed by atoms with van der Waals surface area (Å²) in [5, 5.41) is 18.1. The average molecular weight is 521 g/mol. The van der Waals surface area contributed by atoms with Crippen molar-refractivity contribution in [3.8, 4) is 11.8 Å². The van der Waals surface area contributed by atoms with Crippen LogP contribution in [-0.4, -0.2) is 43.6 Å². The van der Waals surface area contributed by atoms with Crippen LogP contribution in [0.15, 0.2) is 42.5 Å². The number of ether oxygens (including phenoxy) is 1. The molecular weight excluding hydrogens is 499 g/mol. The number of halogens is 3. The number of fused-ring (bicyclic) bond motifs is 1. The van der Waals surface area contributed by atoms with Gasteiger partial charge in [0.2, 0.25) is 0 Å². The number of hydrogen-bond acceptors (Lipinski definition) is 6. The van der Waals surface area contributed by atoms with Crippen LogP contribution in [-0.2, 0) is 20.2 Å². The number of likely N-dealkylation sites (tertiary alicyclic amines) is 1. The van der Waals surface area contributed by atoms with Crippen molar-refractivity contribution in [3.05, 3.63) is 88.3 Å². The molecule has 1 fully saturated rings. The third-order valence-corrected chi connectivity index (χ3v) is 6.70. The predicted octanol–water partition coefficient (Wildman–Crippen LogP) is 4.52. The number of aromatic nitrogens is 3. The minimum atomic E-state index is -1.21. The molecule has 0 spiro atoms. The van der Waals surface area contributed by atoms with Crippen molar-refractivity contribution < 1.29 is 27.8 Å². The molecule has 11 heteroatoms. The molecule has 1 atom stereocenters. The van der Waals surface area contributed by atoms with Crippen LogP contribution in [0.1, 0.15) is 45.5 Å². The van der Waals surface area contributed by atoms with Crippen molar-refractivity contribution in [1.29, 1.82) is 5.26 Å². The lowest BCUT2D eigenvalue weighted by Gasteiger charge is -2.16. The fourth-order valence-electron chi connectivity index (χ4n) is 4.64. The molecule has 1 aliphatic rings. The second-order valence-electron chi connectivity index (χ2n) is 9.15. The molecule has 0 amide bonds. The zero-order valence-electron chi connectivity index (χ0n) is 20.3. The lowest BCUT2D eigenvalue weighted by Crippen LogP contribution is -2.22. The van der Waals surface area contributed by atoms with Crippen molar-refractivity contribution in [1.82, 2.24) is 19.4 Å². The molecule has 1 saturated heterocycles. The molecule has 3 heterocycles. The molecule has 4 aromatic rings. The first-order chi connectivity index (χ1) is 18.2. The second kappa shape index (κ2) is 10.1. The Morgan fingerprint density at radius 2 is 1.95 bits per heavy atom. The molecule has 1 N–H and O–H groups in total. The van der Waals surface area contributed by atoms with Gasteiger partial charge in [0, 0.05) is 25.2 Å². The Bertz CT molecular complexity index is 1600. The molecule has 1 unspecified atom stereocenters. The number of rotatable bonds is 7. The minimum absolute atomic E-state index is 0.00558. The number of carboxylic acids is 1. The summed E-state index contributed by atoms with van der Waals surface area (Å²) in [6.07, 6.45) is 0.755. The van der Waals surface area contributed by atoms with Crippen LogP contribution in [0.4, 0.5) is 13.2 Å². The van der Waals surface area contributed by atoms with Crippen LogP contribution >= 0.6 is 0 Å². The van der Waals surface area contributed by atoms with Gasteiger partial charge in [0.25, 0.3) is 0 Å². The SMILES string of the molecule is Cn1c(CN2CCC(c3ccc(F)c(COc4ccc(C#N)cc4F)n3)C2)nc2c(F)cc(C(=O)O)cc21. The highest BCUT2D eigenvalue weighted by molar-refractivity contribution is 5.92. The topological polar surface area (TPSA) is 104 Å². The Hall–Kier alpha value is -4.43. The van der Waals surface area contributed by atoms with Crippen molar-refractivity contribution in [3.63, 3.8) is 0 Å². The molecule has 0 aliphatic carbocycles. The van der Waals surface area contributed by atoms with Gasteiger partial charge in [-0.25, -0.2) is 22.9 Å². The predicted molar refractivity (Wildman–Crippen MR) is 130 cm³/mol. The van der Waals surface area contributed by atoms with E-state index in [1.807, 2.05) is 6.07 Å². The number of aromatic carboxylic acids is 1. The normalized spacial score (nSPS) is 15.6. The van der Waals surface area contributed by atoms with Gasteiger partial charge in [0.05, 0.1) is 29.3 Å². The molecule has 2 aromatic carbocycles. The number of nitrogens with zero attached hydrogens (tertiary/aromatic N) is 5. The van der Waals surface area contributed by atoms with Gasteiger partial charge >= 0.3 is 5.97 Å². The van der Waals surface area contributed by atoms with Crippen LogP contribution in [0.25, 0.3) is 11.0 Å². The third kappa shape index (κ3) is 4.90. The van der Waals surface area contributed by atoms with Crippen LogP contribution in [0, 0.1) is 28.8 Å². The molecule has 5 rings (SSSR count). The van der Waals surface area contributed by atoms with Gasteiger partial charge in [-0.15, -0.1) is 0 Å². The van der Waals surface area contributed by atoms with E-state index in [1.54, 1.807) is 17.7 Å². The Balaban J connectivity index is 1.28. The fraction of sp³-hybridized carbons (Fsp3) is 0.259. The lowest BCUT2D eigenvalue weighted by molar-refractivity contribution is 0.0696. The van der Waals surface area contributed by atoms with E-state index in [9.17, 15) is 23.1 Å². The maximum absolute atomic E-state index is 14.5. The van der Waals surface area contributed by atoms with E-state index in [0.717, 1.165) is 18.6 Å². The Morgan fingerprint density at radius 3 is 2.68 bits per heavy atom. The average Bonchev–Trinajstić information content (AvgIpc) is 3.49. The summed E-state index contributed by atoms with van der Waals surface area (Å²) in [5.41, 5.74) is 1.25. The van der Waals surface area contributed by atoms with Gasteiger partial charge in [-0.2, -0.15) is 5.26 Å². The number of nitriles is 1. The van der Waals surface area contributed by atoms with E-state index in [2.05, 4.69) is 14.9 Å². The van der Waals surface area contributed by atoms with Gasteiger partial charge in [0.15, 0.2) is 17.4 Å². The largest absolute Gasteiger partial charge is 0.484 e. The first kappa shape index (κ1) is 25.2. The molecule has 0 bridgehead atoms. The van der Waals surface area contributed by atoms with E-state index >= 15 is 0 Å². The van der Waals surface area contributed by atoms with Crippen molar-refractivity contribution in [2.75, 3.05) is 13.1 Å². The van der Waals surface area contributed by atoms with Gasteiger partial charge in [-0.1, -0.05) is 0 Å². The fourth-order valence-corrected chi connectivity index (χ4v) is 4.64. The molecule has 194 valence electrons. The van der Waals surface area contributed by atoms with Crippen LogP contribution in [0.2, 0.25) is 0 Å². The highest BCUT2D eigenvalue weighted by atomic mass is 19.1. The van der Waals surface area contributed by atoms with Gasteiger partial charge < -0.3 is 14.4 Å². The van der Waals surface area contributed by atoms with E-state index in [1.165, 1.54) is 24.3 Å². The highest BCUT2D eigenvalue weighted by Crippen LogP contribution is 2.29. The molecule has 0 saturated carbocycles. The maximum Gasteiger partial charge on any atom is 0.335 e. The Morgan fingerprint density at radius 1 is 1.13 bits per heavy atom. The van der Waals surface area contributed by atoms with Crippen molar-refractivity contribution in [2.45, 2.75) is 25.5 Å². The quantitative estimate of drug-likeness (QED) is 0.381. The minimum Gasteiger partial charge on any atom is -0.484 e. The number of carboxylic acid groups (broad SMARTS) is 1. The summed E-state index contributed by atoms with van der Waals surface area (Å²) in [4.78, 5) is 22.2. The van der Waals surface area contributed by atoms with E-state index in [4.69, 9.17) is 10.00 Å². The zero-order valence-corrected chi connectivity index (χ0v) is 20.3. The summed E-state index contributed by atoms with van der Waals surface area (Å²) in [6.45, 7) is 1.45. The van der Waals surface area contributed by atoms with Crippen LogP contribution < -0.4 is 4.74 Å². The number of aryl methyl sites for hydroxylation is 1. The monoisotopic (exact) mass is 521 g/mol. The standard InChI is InChI=1S/C27H22F3N5O3/c1-34-23-10-17(27(36)37)9-20(30)26(23)33-25(34)13-35-7-6-16(12-35)21-4-3-18(28)22(32-21)14-38-24-5-2-15(11-31)8-19(24)29/h2-5,8-10,16H,6-7,12-14H2,1H3,(H,36,37). The van der Waals surface area contributed by atoms with Gasteiger partial charge in [0.1, 0.15) is 29.5 Å². The summed E-state index contributed by atoms with van der Waals surface area (Å²) in [6, 6.07) is 10.9. The molecule has 8 nitrogen and oxygen atoms in total. The first-order valence-electron chi connectivity index (χ1n) is 11.8. The Labute approximate surface area is 215 Å². The van der Waals surface area contributed by atoms with Gasteiger partial charge in [-0.3, -0.25) is 9.88 Å². The molecular formula is C27H22F3N5O3. The summed E-state index contributed by atoms with van der Waals surface area (Å²) < 4.78 is 50.1. The summed E-state index contributed by atoms with van der Waals surface area (Å²) in [5.74, 6) is -2.69. The van der Waals surface area contributed by atoms with E-state index in [0.29, 0.717) is 36.7 Å². The van der Waals surface area contributed by atoms with Crippen molar-refractivity contribution in [2.24, 2.45) is 7.05 Å². The van der Waals surface area contributed by atoms with Crippen molar-refractivity contribution >= 4 is 17.0 Å². The number of hydrogen-bond donors (Lipinski definition) is 1. The second-order valence-corrected chi connectivity index (χ2v) is 9.15. The number of imidazole rings is 1.